The lowest BCUT2D eigenvalue weighted by atomic mass is 9.88. The molecule has 0 radical (unpaired) electrons. The largest absolute Gasteiger partial charge is 0.481 e. The summed E-state index contributed by atoms with van der Waals surface area (Å²) < 4.78 is 0. The van der Waals surface area contributed by atoms with Gasteiger partial charge in [-0.05, 0) is 39.3 Å². The molecule has 2 fully saturated rings. The first-order valence-electron chi connectivity index (χ1n) is 5.88. The number of hydrogen-bond donors (Lipinski definition) is 2. The van der Waals surface area contributed by atoms with Gasteiger partial charge in [-0.1, -0.05) is 0 Å². The molecule has 2 N–H and O–H groups in total. The average Bonchev–Trinajstić information content (AvgIpc) is 2.69. The molecule has 0 spiro atoms. The van der Waals surface area contributed by atoms with Crippen molar-refractivity contribution in [1.82, 2.24) is 10.2 Å². The summed E-state index contributed by atoms with van der Waals surface area (Å²) in [6, 6.07) is 0.701. The summed E-state index contributed by atoms with van der Waals surface area (Å²) in [5.74, 6) is -0.870. The lowest BCUT2D eigenvalue weighted by Crippen LogP contribution is -2.54. The molecule has 0 bridgehead atoms. The molecule has 0 amide bonds. The first-order valence-corrected chi connectivity index (χ1v) is 5.88. The van der Waals surface area contributed by atoms with E-state index in [1.807, 2.05) is 0 Å². The van der Waals surface area contributed by atoms with Gasteiger partial charge in [0.15, 0.2) is 0 Å². The minimum Gasteiger partial charge on any atom is -0.481 e. The lowest BCUT2D eigenvalue weighted by Gasteiger charge is -2.38. The number of aliphatic carboxylic acids is 1. The van der Waals surface area contributed by atoms with Gasteiger partial charge >= 0.3 is 5.97 Å². The monoisotopic (exact) mass is 212 g/mol. The van der Waals surface area contributed by atoms with Gasteiger partial charge in [0.2, 0.25) is 0 Å². The molecule has 2 saturated heterocycles. The van der Waals surface area contributed by atoms with E-state index in [2.05, 4.69) is 17.1 Å². The molecular weight excluding hydrogens is 192 g/mol. The normalized spacial score (nSPS) is 38.1. The molecule has 2 aliphatic heterocycles. The van der Waals surface area contributed by atoms with Gasteiger partial charge in [0, 0.05) is 18.6 Å². The zero-order chi connectivity index (χ0) is 10.8. The van der Waals surface area contributed by atoms with Crippen molar-refractivity contribution in [2.75, 3.05) is 19.6 Å². The van der Waals surface area contributed by atoms with Crippen molar-refractivity contribution in [2.45, 2.75) is 38.3 Å². The number of piperidine rings is 1. The Labute approximate surface area is 90.6 Å². The maximum absolute atomic E-state index is 11.2. The van der Waals surface area contributed by atoms with Crippen molar-refractivity contribution < 1.29 is 9.90 Å². The summed E-state index contributed by atoms with van der Waals surface area (Å²) in [7, 11) is 0. The van der Waals surface area contributed by atoms with E-state index in [9.17, 15) is 9.90 Å². The molecule has 3 atom stereocenters. The first-order chi connectivity index (χ1) is 7.18. The van der Waals surface area contributed by atoms with Crippen LogP contribution in [0.4, 0.5) is 0 Å². The van der Waals surface area contributed by atoms with Gasteiger partial charge in [-0.25, -0.2) is 0 Å². The Morgan fingerprint density at radius 3 is 2.67 bits per heavy atom. The Morgan fingerprint density at radius 1 is 1.40 bits per heavy atom. The second-order valence-corrected chi connectivity index (χ2v) is 4.80. The van der Waals surface area contributed by atoms with Gasteiger partial charge in [0.25, 0.3) is 0 Å². The van der Waals surface area contributed by atoms with Gasteiger partial charge in [0.1, 0.15) is 0 Å². The van der Waals surface area contributed by atoms with E-state index in [1.54, 1.807) is 0 Å². The number of carbonyl (C=O) groups is 1. The smallest absolute Gasteiger partial charge is 0.309 e. The number of hydrogen-bond acceptors (Lipinski definition) is 3. The summed E-state index contributed by atoms with van der Waals surface area (Å²) in [6.45, 7) is 4.93. The Hall–Kier alpha value is -0.610. The third-order valence-electron chi connectivity index (χ3n) is 3.67. The predicted octanol–water partition coefficient (Wildman–Crippen LogP) is 0.533. The molecule has 3 unspecified atom stereocenters. The van der Waals surface area contributed by atoms with Crippen LogP contribution in [0.2, 0.25) is 0 Å². The first kappa shape index (κ1) is 10.9. The van der Waals surface area contributed by atoms with Crippen molar-refractivity contribution in [1.29, 1.82) is 0 Å². The Morgan fingerprint density at radius 2 is 2.07 bits per heavy atom. The molecule has 2 aliphatic rings. The Balaban J connectivity index is 2.05. The number of carboxylic acids is 1. The minimum atomic E-state index is -0.647. The molecule has 4 nitrogen and oxygen atoms in total. The van der Waals surface area contributed by atoms with Crippen molar-refractivity contribution in [2.24, 2.45) is 5.92 Å². The van der Waals surface area contributed by atoms with E-state index in [1.165, 1.54) is 12.8 Å². The zero-order valence-corrected chi connectivity index (χ0v) is 9.28. The van der Waals surface area contributed by atoms with E-state index in [0.717, 1.165) is 19.5 Å². The van der Waals surface area contributed by atoms with Crippen LogP contribution >= 0.6 is 0 Å². The summed E-state index contributed by atoms with van der Waals surface area (Å²) in [5.41, 5.74) is 0. The maximum atomic E-state index is 11.2. The number of carboxylic acid groups (broad SMARTS) is 1. The van der Waals surface area contributed by atoms with Crippen molar-refractivity contribution in [3.8, 4) is 0 Å². The van der Waals surface area contributed by atoms with Crippen molar-refractivity contribution in [3.63, 3.8) is 0 Å². The van der Waals surface area contributed by atoms with E-state index in [0.29, 0.717) is 12.6 Å². The van der Waals surface area contributed by atoms with Crippen LogP contribution in [-0.2, 0) is 4.79 Å². The van der Waals surface area contributed by atoms with Gasteiger partial charge in [-0.3, -0.25) is 9.69 Å². The highest BCUT2D eigenvalue weighted by Crippen LogP contribution is 2.24. The van der Waals surface area contributed by atoms with Gasteiger partial charge in [0.05, 0.1) is 5.92 Å². The molecule has 15 heavy (non-hydrogen) atoms. The van der Waals surface area contributed by atoms with Crippen LogP contribution in [0.5, 0.6) is 0 Å². The number of likely N-dealkylation sites (tertiary alicyclic amines) is 1. The second kappa shape index (κ2) is 4.49. The molecule has 0 saturated carbocycles. The third kappa shape index (κ3) is 2.32. The molecule has 2 heterocycles. The van der Waals surface area contributed by atoms with Gasteiger partial charge in [-0.2, -0.15) is 0 Å². The lowest BCUT2D eigenvalue weighted by molar-refractivity contribution is -0.145. The molecule has 2 rings (SSSR count). The van der Waals surface area contributed by atoms with Gasteiger partial charge in [-0.15, -0.1) is 0 Å². The molecule has 86 valence electrons. The predicted molar refractivity (Wildman–Crippen MR) is 57.8 cm³/mol. The molecule has 0 aromatic carbocycles. The molecule has 4 heteroatoms. The van der Waals surface area contributed by atoms with Crippen LogP contribution in [-0.4, -0.2) is 47.7 Å². The number of nitrogens with one attached hydrogen (secondary N) is 1. The molecule has 0 aromatic heterocycles. The fourth-order valence-electron chi connectivity index (χ4n) is 2.80. The fourth-order valence-corrected chi connectivity index (χ4v) is 2.80. The highest BCUT2D eigenvalue weighted by Gasteiger charge is 2.37. The maximum Gasteiger partial charge on any atom is 0.309 e. The van der Waals surface area contributed by atoms with Crippen LogP contribution in [0.1, 0.15) is 26.2 Å². The van der Waals surface area contributed by atoms with E-state index in [-0.39, 0.29) is 12.0 Å². The molecular formula is C11H20N2O2. The number of nitrogens with zero attached hydrogens (tertiary/aromatic N) is 1. The molecule has 0 aromatic rings. The van der Waals surface area contributed by atoms with Crippen LogP contribution in [0, 0.1) is 5.92 Å². The van der Waals surface area contributed by atoms with E-state index < -0.39 is 5.97 Å². The SMILES string of the molecule is CC1CC(N2CCCC2)C(C(=O)O)CN1. The Kier molecular flexibility index (Phi) is 3.26. The third-order valence-corrected chi connectivity index (χ3v) is 3.67. The average molecular weight is 212 g/mol. The summed E-state index contributed by atoms with van der Waals surface area (Å²) in [4.78, 5) is 13.5. The van der Waals surface area contributed by atoms with Crippen LogP contribution in [0.15, 0.2) is 0 Å². The van der Waals surface area contributed by atoms with Crippen LogP contribution in [0.3, 0.4) is 0 Å². The summed E-state index contributed by atoms with van der Waals surface area (Å²) >= 11 is 0. The van der Waals surface area contributed by atoms with E-state index in [4.69, 9.17) is 0 Å². The summed E-state index contributed by atoms with van der Waals surface area (Å²) in [5, 5.41) is 12.4. The second-order valence-electron chi connectivity index (χ2n) is 4.80. The summed E-state index contributed by atoms with van der Waals surface area (Å²) in [6.07, 6.45) is 3.42. The van der Waals surface area contributed by atoms with Crippen molar-refractivity contribution >= 4 is 5.97 Å². The minimum absolute atomic E-state index is 0.223. The van der Waals surface area contributed by atoms with E-state index >= 15 is 0 Å². The van der Waals surface area contributed by atoms with Crippen LogP contribution < -0.4 is 5.32 Å². The van der Waals surface area contributed by atoms with Crippen LogP contribution in [0.25, 0.3) is 0 Å². The zero-order valence-electron chi connectivity index (χ0n) is 9.28. The quantitative estimate of drug-likeness (QED) is 0.701. The van der Waals surface area contributed by atoms with Crippen molar-refractivity contribution in [3.05, 3.63) is 0 Å². The fraction of sp³-hybridized carbons (Fsp3) is 0.909. The Bertz CT molecular complexity index is 239. The molecule has 0 aliphatic carbocycles. The standard InChI is InChI=1S/C11H20N2O2/c1-8-6-10(13-4-2-3-5-13)9(7-12-8)11(14)15/h8-10,12H,2-7H2,1H3,(H,14,15). The highest BCUT2D eigenvalue weighted by molar-refractivity contribution is 5.71. The number of rotatable bonds is 2. The topological polar surface area (TPSA) is 52.6 Å². The van der Waals surface area contributed by atoms with Gasteiger partial charge < -0.3 is 10.4 Å². The highest BCUT2D eigenvalue weighted by atomic mass is 16.4.